The number of Topliss-reactive ketones (excluding diaryl/α,β-unsaturated/α-hetero) is 1. The summed E-state index contributed by atoms with van der Waals surface area (Å²) in [6.45, 7) is 0.305. The molecule has 27 heavy (non-hydrogen) atoms. The van der Waals surface area contributed by atoms with Crippen molar-refractivity contribution < 1.29 is 23.9 Å². The first kappa shape index (κ1) is 18.1. The smallest absolute Gasteiger partial charge is 0.231 e. The Morgan fingerprint density at radius 3 is 2.41 bits per heavy atom. The van der Waals surface area contributed by atoms with Gasteiger partial charge in [0, 0.05) is 0 Å². The lowest BCUT2D eigenvalue weighted by Crippen LogP contribution is -3.10. The number of halogens is 1. The molecule has 0 unspecified atom stereocenters. The molecule has 2 N–H and O–H groups in total. The molecule has 1 aliphatic heterocycles. The van der Waals surface area contributed by atoms with Gasteiger partial charge >= 0.3 is 0 Å². The van der Waals surface area contributed by atoms with Crippen LogP contribution in [0.3, 0.4) is 0 Å². The Morgan fingerprint density at radius 1 is 1.11 bits per heavy atom. The van der Waals surface area contributed by atoms with Crippen LogP contribution in [0.2, 0.25) is 0 Å². The van der Waals surface area contributed by atoms with E-state index in [4.69, 9.17) is 15.3 Å². The molecule has 0 saturated carbocycles. The number of benzene rings is 2. The molecule has 0 radical (unpaired) electrons. The fraction of sp³-hybridized carbons (Fsp3) is 0.150. The number of aromatic hydroxyl groups is 1. The van der Waals surface area contributed by atoms with Gasteiger partial charge in [-0.05, 0) is 35.9 Å². The largest absolute Gasteiger partial charge is 0.507 e. The van der Waals surface area contributed by atoms with Gasteiger partial charge in [-0.15, -0.1) is 0 Å². The van der Waals surface area contributed by atoms with Crippen LogP contribution in [0.25, 0.3) is 6.08 Å². The summed E-state index contributed by atoms with van der Waals surface area (Å²) in [5, 5.41) is 28.0. The number of nitrogens with zero attached hydrogens (tertiary/aromatic N) is 2. The lowest BCUT2D eigenvalue weighted by atomic mass is 10.0. The number of allylic oxidation sites excluding steroid dienone is 1. The normalized spacial score (nSPS) is 13.9. The monoisotopic (exact) mass is 364 g/mol. The topological polar surface area (TPSA) is 98.6 Å². The van der Waals surface area contributed by atoms with Crippen molar-refractivity contribution in [2.45, 2.75) is 6.54 Å². The Bertz CT molecular complexity index is 985. The third-order valence-corrected chi connectivity index (χ3v) is 4.17. The Labute approximate surface area is 154 Å². The molecule has 0 amide bonds. The molecule has 1 aliphatic rings. The van der Waals surface area contributed by atoms with Crippen LogP contribution in [0.1, 0.15) is 21.5 Å². The minimum Gasteiger partial charge on any atom is -0.507 e. The highest BCUT2D eigenvalue weighted by Gasteiger charge is 2.32. The quantitative estimate of drug-likeness (QED) is 0.620. The van der Waals surface area contributed by atoms with E-state index in [2.05, 4.69) is 0 Å². The first-order chi connectivity index (χ1) is 13.0. The molecule has 6 nitrogen and oxygen atoms in total. The molecule has 3 rings (SSSR count). The van der Waals surface area contributed by atoms with E-state index in [0.717, 1.165) is 0 Å². The zero-order valence-electron chi connectivity index (χ0n) is 14.2. The van der Waals surface area contributed by atoms with E-state index in [0.29, 0.717) is 21.6 Å². The number of carbonyl (C=O) groups is 1. The molecule has 0 saturated heterocycles. The van der Waals surface area contributed by atoms with Crippen molar-refractivity contribution in [3.63, 3.8) is 0 Å². The maximum absolute atomic E-state index is 13.0. The molecule has 0 bridgehead atoms. The number of carbonyl (C=O) groups excluding carboxylic acids is 1. The molecule has 0 aliphatic carbocycles. The second kappa shape index (κ2) is 7.69. The van der Waals surface area contributed by atoms with Crippen LogP contribution in [0.5, 0.6) is 11.5 Å². The van der Waals surface area contributed by atoms with Crippen LogP contribution >= 0.6 is 0 Å². The molecular weight excluding hydrogens is 349 g/mol. The molecule has 0 aromatic heterocycles. The minimum absolute atomic E-state index is 0.0607. The highest BCUT2D eigenvalue weighted by atomic mass is 19.1. The van der Waals surface area contributed by atoms with E-state index in [1.807, 2.05) is 12.1 Å². The third kappa shape index (κ3) is 3.79. The lowest BCUT2D eigenvalue weighted by molar-refractivity contribution is -0.899. The number of quaternary nitrogens is 1. The first-order valence-electron chi connectivity index (χ1n) is 8.15. The van der Waals surface area contributed by atoms with Gasteiger partial charge < -0.3 is 14.7 Å². The van der Waals surface area contributed by atoms with Gasteiger partial charge in [0.1, 0.15) is 30.2 Å². The molecule has 7 heteroatoms. The molecule has 2 aromatic carbocycles. The molecule has 0 atom stereocenters. The number of ketones is 1. The fourth-order valence-corrected chi connectivity index (χ4v) is 2.84. The number of ether oxygens (including phenoxy) is 1. The summed E-state index contributed by atoms with van der Waals surface area (Å²) in [4.78, 5) is 13.2. The van der Waals surface area contributed by atoms with Crippen LogP contribution in [-0.2, 0) is 6.54 Å². The Hall–Kier alpha value is -3.68. The minimum atomic E-state index is -0.385. The zero-order valence-corrected chi connectivity index (χ0v) is 14.2. The van der Waals surface area contributed by atoms with Gasteiger partial charge in [0.05, 0.1) is 11.1 Å². The third-order valence-electron chi connectivity index (χ3n) is 4.17. The molecule has 0 spiro atoms. The molecule has 134 valence electrons. The van der Waals surface area contributed by atoms with E-state index in [1.165, 1.54) is 42.5 Å². The van der Waals surface area contributed by atoms with Gasteiger partial charge in [0.25, 0.3) is 0 Å². The second-order valence-electron chi connectivity index (χ2n) is 6.03. The van der Waals surface area contributed by atoms with E-state index in [-0.39, 0.29) is 48.5 Å². The average molecular weight is 364 g/mol. The van der Waals surface area contributed by atoms with Crippen LogP contribution in [0, 0.1) is 28.5 Å². The number of hydrogen-bond donors (Lipinski definition) is 2. The number of nitrogens with one attached hydrogen (secondary N) is 1. The van der Waals surface area contributed by atoms with Gasteiger partial charge in [-0.3, -0.25) is 4.79 Å². The van der Waals surface area contributed by atoms with Crippen molar-refractivity contribution in [2.75, 3.05) is 13.1 Å². The number of rotatable bonds is 5. The van der Waals surface area contributed by atoms with Gasteiger partial charge in [-0.25, -0.2) is 4.39 Å². The number of hydrogen-bond acceptors (Lipinski definition) is 5. The average Bonchev–Trinajstić information content (AvgIpc) is 2.96. The van der Waals surface area contributed by atoms with E-state index >= 15 is 0 Å². The summed E-state index contributed by atoms with van der Waals surface area (Å²) in [5.41, 5.74) is 1.26. The summed E-state index contributed by atoms with van der Waals surface area (Å²) in [6, 6.07) is 12.5. The van der Waals surface area contributed by atoms with Crippen molar-refractivity contribution >= 4 is 11.9 Å². The predicted molar refractivity (Wildman–Crippen MR) is 93.1 cm³/mol. The van der Waals surface area contributed by atoms with Crippen LogP contribution in [0.4, 0.5) is 4.39 Å². The second-order valence-corrected chi connectivity index (χ2v) is 6.03. The van der Waals surface area contributed by atoms with Crippen LogP contribution < -0.4 is 9.64 Å². The standard InChI is InChI=1S/C20H14FN3O3/c21-14-3-1-13(2-4-14)11-18-19(26)15-5-6-17(25)16(20(15)27-18)12-24(9-7-22)10-8-23/h1-6,11,25H,9-10,12H2/p+1/b18-11+. The number of nitriles is 2. The Kier molecular flexibility index (Phi) is 5.16. The van der Waals surface area contributed by atoms with E-state index in [1.54, 1.807) is 0 Å². The van der Waals surface area contributed by atoms with Crippen molar-refractivity contribution in [1.82, 2.24) is 0 Å². The highest BCUT2D eigenvalue weighted by molar-refractivity contribution is 6.14. The van der Waals surface area contributed by atoms with E-state index in [9.17, 15) is 14.3 Å². The van der Waals surface area contributed by atoms with Gasteiger partial charge in [0.15, 0.2) is 24.6 Å². The summed E-state index contributed by atoms with van der Waals surface area (Å²) in [7, 11) is 0. The van der Waals surface area contributed by atoms with E-state index < -0.39 is 0 Å². The maximum atomic E-state index is 13.0. The zero-order chi connectivity index (χ0) is 19.4. The molecule has 0 fully saturated rings. The predicted octanol–water partition coefficient (Wildman–Crippen LogP) is 1.58. The summed E-state index contributed by atoms with van der Waals surface area (Å²) in [6.07, 6.45) is 1.50. The molecule has 2 aromatic rings. The van der Waals surface area contributed by atoms with Crippen molar-refractivity contribution in [1.29, 1.82) is 10.5 Å². The maximum Gasteiger partial charge on any atom is 0.231 e. The fourth-order valence-electron chi connectivity index (χ4n) is 2.84. The summed E-state index contributed by atoms with van der Waals surface area (Å²) in [5.74, 6) is -0.521. The van der Waals surface area contributed by atoms with Gasteiger partial charge in [-0.1, -0.05) is 12.1 Å². The first-order valence-corrected chi connectivity index (χ1v) is 8.15. The van der Waals surface area contributed by atoms with Crippen LogP contribution in [0.15, 0.2) is 42.2 Å². The number of fused-ring (bicyclic) bond motifs is 1. The Morgan fingerprint density at radius 2 is 1.78 bits per heavy atom. The SMILES string of the molecule is N#CC[NH+](CC#N)Cc1c(O)ccc2c1O/C(=C/c1ccc(F)cc1)C2=O. The van der Waals surface area contributed by atoms with Gasteiger partial charge in [0.2, 0.25) is 5.78 Å². The number of phenols is 1. The number of phenolic OH excluding ortho intramolecular Hbond substituents is 1. The van der Waals surface area contributed by atoms with Gasteiger partial charge in [-0.2, -0.15) is 10.5 Å². The Balaban J connectivity index is 1.95. The summed E-state index contributed by atoms with van der Waals surface area (Å²) < 4.78 is 18.7. The van der Waals surface area contributed by atoms with Crippen molar-refractivity contribution in [3.05, 3.63) is 64.7 Å². The molecule has 1 heterocycles. The molecular formula is C20H15FN3O3+. The van der Waals surface area contributed by atoms with Crippen molar-refractivity contribution in [2.24, 2.45) is 0 Å². The van der Waals surface area contributed by atoms with Crippen LogP contribution in [-0.4, -0.2) is 24.0 Å². The summed E-state index contributed by atoms with van der Waals surface area (Å²) >= 11 is 0. The van der Waals surface area contributed by atoms with Crippen molar-refractivity contribution in [3.8, 4) is 23.6 Å². The lowest BCUT2D eigenvalue weighted by Gasteiger charge is -2.15. The highest BCUT2D eigenvalue weighted by Crippen LogP contribution is 2.39.